The molecular weight excluding hydrogens is 464 g/mol. The Kier molecular flexibility index (Phi) is 6.15. The highest BCUT2D eigenvalue weighted by Gasteiger charge is 2.41. The van der Waals surface area contributed by atoms with Crippen molar-refractivity contribution in [2.45, 2.75) is 18.5 Å². The Morgan fingerprint density at radius 3 is 2.70 bits per heavy atom. The molecule has 2 atom stereocenters. The lowest BCUT2D eigenvalue weighted by atomic mass is 10.0. The minimum Gasteiger partial charge on any atom is -0.469 e. The number of carbonyl (C=O) groups is 1. The Balaban J connectivity index is 1.75. The first-order chi connectivity index (χ1) is 14.6. The van der Waals surface area contributed by atoms with Crippen LogP contribution in [0.4, 0.5) is 0 Å². The van der Waals surface area contributed by atoms with Gasteiger partial charge in [0.05, 0.1) is 31.3 Å². The van der Waals surface area contributed by atoms with Crippen LogP contribution < -0.4 is 5.32 Å². The second-order valence-electron chi connectivity index (χ2n) is 6.93. The molecule has 0 aliphatic carbocycles. The van der Waals surface area contributed by atoms with Gasteiger partial charge in [0.15, 0.2) is 5.11 Å². The summed E-state index contributed by atoms with van der Waals surface area (Å²) in [6, 6.07) is 17.8. The zero-order valence-corrected chi connectivity index (χ0v) is 18.8. The number of methoxy groups -OCH3 is 1. The highest BCUT2D eigenvalue weighted by molar-refractivity contribution is 9.10. The highest BCUT2D eigenvalue weighted by atomic mass is 79.9. The number of carbonyl (C=O) groups excluding carboxylic acids is 1. The van der Waals surface area contributed by atoms with E-state index in [-0.39, 0.29) is 24.5 Å². The minimum absolute atomic E-state index is 0.129. The van der Waals surface area contributed by atoms with E-state index in [0.29, 0.717) is 11.7 Å². The number of hydrogen-bond acceptors (Lipinski definition) is 4. The van der Waals surface area contributed by atoms with Gasteiger partial charge in [-0.1, -0.05) is 22.0 Å². The maximum atomic E-state index is 11.8. The Morgan fingerprint density at radius 1 is 1.20 bits per heavy atom. The van der Waals surface area contributed by atoms with Gasteiger partial charge in [-0.05, 0) is 60.7 Å². The zero-order valence-electron chi connectivity index (χ0n) is 16.4. The molecule has 0 radical (unpaired) electrons. The zero-order chi connectivity index (χ0) is 21.1. The first-order valence-corrected chi connectivity index (χ1v) is 10.8. The van der Waals surface area contributed by atoms with E-state index in [1.54, 1.807) is 6.20 Å². The van der Waals surface area contributed by atoms with Gasteiger partial charge in [-0.3, -0.25) is 9.78 Å². The van der Waals surface area contributed by atoms with Gasteiger partial charge in [-0.15, -0.1) is 0 Å². The molecule has 0 bridgehead atoms. The van der Waals surface area contributed by atoms with Crippen molar-refractivity contribution in [3.63, 3.8) is 0 Å². The van der Waals surface area contributed by atoms with Gasteiger partial charge in [-0.2, -0.15) is 0 Å². The fraction of sp³-hybridized carbons (Fsp3) is 0.227. The van der Waals surface area contributed by atoms with E-state index in [4.69, 9.17) is 17.0 Å². The SMILES string of the molecule is COC(=O)CCN1C(=S)NC(c2ccccn2)C1c1cccn1-c1ccc(Br)cc1. The number of benzene rings is 1. The Morgan fingerprint density at radius 2 is 2.00 bits per heavy atom. The standard InChI is InChI=1S/C22H21BrN4O2S/c1-29-19(28)11-14-27-21(20(25-22(27)30)17-5-2-3-12-24-17)18-6-4-13-26(18)16-9-7-15(23)8-10-16/h2-10,12-13,20-21H,11,14H2,1H3,(H,25,30). The van der Waals surface area contributed by atoms with Gasteiger partial charge in [-0.25, -0.2) is 0 Å². The molecule has 3 heterocycles. The summed E-state index contributed by atoms with van der Waals surface area (Å²) in [7, 11) is 1.40. The summed E-state index contributed by atoms with van der Waals surface area (Å²) in [5.74, 6) is -0.263. The van der Waals surface area contributed by atoms with Crippen molar-refractivity contribution in [2.24, 2.45) is 0 Å². The smallest absolute Gasteiger partial charge is 0.307 e. The van der Waals surface area contributed by atoms with Crippen molar-refractivity contribution in [1.82, 2.24) is 19.8 Å². The number of hydrogen-bond donors (Lipinski definition) is 1. The number of aromatic nitrogens is 2. The Hall–Kier alpha value is -2.71. The van der Waals surface area contributed by atoms with E-state index >= 15 is 0 Å². The third-order valence-corrected chi connectivity index (χ3v) is 6.05. The molecule has 8 heteroatoms. The number of pyridine rings is 1. The number of halogens is 1. The number of esters is 1. The summed E-state index contributed by atoms with van der Waals surface area (Å²) in [6.07, 6.45) is 4.07. The Bertz CT molecular complexity index is 1040. The summed E-state index contributed by atoms with van der Waals surface area (Å²) in [5, 5.41) is 4.01. The van der Waals surface area contributed by atoms with Crippen LogP contribution in [-0.2, 0) is 9.53 Å². The van der Waals surface area contributed by atoms with Crippen molar-refractivity contribution < 1.29 is 9.53 Å². The number of thiocarbonyl (C=S) groups is 1. The molecule has 1 fully saturated rings. The maximum Gasteiger partial charge on any atom is 0.307 e. The molecule has 4 rings (SSSR count). The quantitative estimate of drug-likeness (QED) is 0.418. The van der Waals surface area contributed by atoms with Crippen LogP contribution in [0.25, 0.3) is 5.69 Å². The van der Waals surface area contributed by atoms with E-state index < -0.39 is 0 Å². The van der Waals surface area contributed by atoms with Gasteiger partial charge in [0.1, 0.15) is 0 Å². The van der Waals surface area contributed by atoms with Crippen molar-refractivity contribution in [3.05, 3.63) is 82.9 Å². The monoisotopic (exact) mass is 484 g/mol. The van der Waals surface area contributed by atoms with Crippen molar-refractivity contribution >= 4 is 39.2 Å². The molecule has 6 nitrogen and oxygen atoms in total. The summed E-state index contributed by atoms with van der Waals surface area (Å²) >= 11 is 9.15. The van der Waals surface area contributed by atoms with Crippen molar-refractivity contribution in [1.29, 1.82) is 0 Å². The molecule has 2 aromatic heterocycles. The van der Waals surface area contributed by atoms with Gasteiger partial charge in [0, 0.05) is 34.8 Å². The summed E-state index contributed by atoms with van der Waals surface area (Å²) in [6.45, 7) is 0.456. The van der Waals surface area contributed by atoms with Crippen LogP contribution in [0, 0.1) is 0 Å². The lowest BCUT2D eigenvalue weighted by Gasteiger charge is -2.28. The molecule has 1 aromatic carbocycles. The minimum atomic E-state index is -0.263. The molecule has 0 saturated carbocycles. The van der Waals surface area contributed by atoms with Crippen molar-refractivity contribution in [2.75, 3.05) is 13.7 Å². The first kappa shape index (κ1) is 20.6. The number of nitrogens with one attached hydrogen (secondary N) is 1. The van der Waals surface area contributed by atoms with Crippen LogP contribution in [0.3, 0.4) is 0 Å². The van der Waals surface area contributed by atoms with E-state index in [1.165, 1.54) is 7.11 Å². The fourth-order valence-corrected chi connectivity index (χ4v) is 4.35. The van der Waals surface area contributed by atoms with Gasteiger partial charge >= 0.3 is 5.97 Å². The van der Waals surface area contributed by atoms with Gasteiger partial charge in [0.2, 0.25) is 0 Å². The average Bonchev–Trinajstić information content (AvgIpc) is 3.37. The lowest BCUT2D eigenvalue weighted by Crippen LogP contribution is -2.32. The van der Waals surface area contributed by atoms with E-state index in [0.717, 1.165) is 21.5 Å². The fourth-order valence-electron chi connectivity index (χ4n) is 3.75. The van der Waals surface area contributed by atoms with Crippen molar-refractivity contribution in [3.8, 4) is 5.69 Å². The predicted octanol–water partition coefficient (Wildman–Crippen LogP) is 4.17. The van der Waals surface area contributed by atoms with Gasteiger partial charge in [0.25, 0.3) is 0 Å². The third-order valence-electron chi connectivity index (χ3n) is 5.17. The normalized spacial score (nSPS) is 18.3. The molecule has 1 N–H and O–H groups in total. The second-order valence-corrected chi connectivity index (χ2v) is 8.23. The summed E-state index contributed by atoms with van der Waals surface area (Å²) in [4.78, 5) is 18.4. The summed E-state index contributed by atoms with van der Waals surface area (Å²) in [5.41, 5.74) is 3.00. The van der Waals surface area contributed by atoms with Crippen LogP contribution in [-0.4, -0.2) is 39.2 Å². The molecular formula is C22H21BrN4O2S. The van der Waals surface area contributed by atoms with E-state index in [1.807, 2.05) is 42.6 Å². The van der Waals surface area contributed by atoms with Crippen LogP contribution in [0.15, 0.2) is 71.5 Å². The molecule has 3 aromatic rings. The highest BCUT2D eigenvalue weighted by Crippen LogP contribution is 2.39. The maximum absolute atomic E-state index is 11.8. The molecule has 0 spiro atoms. The van der Waals surface area contributed by atoms with E-state index in [2.05, 4.69) is 53.9 Å². The number of ether oxygens (including phenoxy) is 1. The van der Waals surface area contributed by atoms with E-state index in [9.17, 15) is 4.79 Å². The molecule has 0 amide bonds. The Labute approximate surface area is 189 Å². The molecule has 30 heavy (non-hydrogen) atoms. The number of nitrogens with zero attached hydrogens (tertiary/aromatic N) is 3. The molecule has 1 aliphatic rings. The molecule has 1 saturated heterocycles. The lowest BCUT2D eigenvalue weighted by molar-refractivity contribution is -0.140. The van der Waals surface area contributed by atoms with Crippen LogP contribution >= 0.6 is 28.1 Å². The first-order valence-electron chi connectivity index (χ1n) is 9.56. The molecule has 1 aliphatic heterocycles. The topological polar surface area (TPSA) is 59.4 Å². The predicted molar refractivity (Wildman–Crippen MR) is 122 cm³/mol. The largest absolute Gasteiger partial charge is 0.469 e. The number of rotatable bonds is 6. The summed E-state index contributed by atoms with van der Waals surface area (Å²) < 4.78 is 8.01. The average molecular weight is 485 g/mol. The van der Waals surface area contributed by atoms with Gasteiger partial charge < -0.3 is 19.5 Å². The van der Waals surface area contributed by atoms with Crippen LogP contribution in [0.5, 0.6) is 0 Å². The van der Waals surface area contributed by atoms with Crippen LogP contribution in [0.1, 0.15) is 29.9 Å². The molecule has 2 unspecified atom stereocenters. The third kappa shape index (κ3) is 4.11. The van der Waals surface area contributed by atoms with Crippen LogP contribution in [0.2, 0.25) is 0 Å². The molecule has 154 valence electrons. The second kappa shape index (κ2) is 8.97.